The van der Waals surface area contributed by atoms with E-state index in [1.165, 1.54) is 36.7 Å². The summed E-state index contributed by atoms with van der Waals surface area (Å²) in [7, 11) is 0. The lowest BCUT2D eigenvalue weighted by atomic mass is 10.1. The van der Waals surface area contributed by atoms with Crippen molar-refractivity contribution in [2.24, 2.45) is 0 Å². The number of amides is 1. The van der Waals surface area contributed by atoms with Gasteiger partial charge in [0.25, 0.3) is 5.91 Å². The Labute approximate surface area is 159 Å². The highest BCUT2D eigenvalue weighted by molar-refractivity contribution is 5.97. The van der Waals surface area contributed by atoms with E-state index in [0.29, 0.717) is 19.0 Å². The van der Waals surface area contributed by atoms with Crippen molar-refractivity contribution >= 4 is 5.91 Å². The van der Waals surface area contributed by atoms with Crippen molar-refractivity contribution in [1.82, 2.24) is 24.9 Å². The molecule has 28 heavy (non-hydrogen) atoms. The molecule has 1 saturated heterocycles. The Hall–Kier alpha value is -3.36. The number of aromatic nitrogens is 4. The van der Waals surface area contributed by atoms with Gasteiger partial charge in [0, 0.05) is 12.6 Å². The third kappa shape index (κ3) is 3.68. The molecule has 7 nitrogen and oxygen atoms in total. The second-order valence-electron chi connectivity index (χ2n) is 6.40. The van der Waals surface area contributed by atoms with Crippen molar-refractivity contribution < 1.29 is 18.3 Å². The molecule has 0 aliphatic carbocycles. The Balaban J connectivity index is 1.54. The van der Waals surface area contributed by atoms with E-state index in [9.17, 15) is 13.6 Å². The van der Waals surface area contributed by atoms with Crippen molar-refractivity contribution in [3.63, 3.8) is 0 Å². The highest BCUT2D eigenvalue weighted by Gasteiger charge is 2.28. The van der Waals surface area contributed by atoms with Gasteiger partial charge in [0.1, 0.15) is 17.6 Å². The van der Waals surface area contributed by atoms with Gasteiger partial charge in [-0.3, -0.25) is 4.79 Å². The lowest BCUT2D eigenvalue weighted by molar-refractivity contribution is 0.0527. The van der Waals surface area contributed by atoms with E-state index in [0.717, 1.165) is 23.8 Å². The number of benzene rings is 1. The van der Waals surface area contributed by atoms with Crippen LogP contribution < -0.4 is 4.74 Å². The highest BCUT2D eigenvalue weighted by atomic mass is 19.1. The molecule has 1 aliphatic heterocycles. The number of nitrogens with zero attached hydrogens (tertiary/aromatic N) is 5. The van der Waals surface area contributed by atoms with E-state index < -0.39 is 11.6 Å². The molecular weight excluding hydrogens is 368 g/mol. The number of halogens is 2. The van der Waals surface area contributed by atoms with Gasteiger partial charge in [-0.25, -0.2) is 13.8 Å². The summed E-state index contributed by atoms with van der Waals surface area (Å²) in [4.78, 5) is 19.7. The first-order valence-corrected chi connectivity index (χ1v) is 8.84. The number of piperidine rings is 1. The zero-order valence-corrected chi connectivity index (χ0v) is 14.8. The molecule has 0 saturated carbocycles. The van der Waals surface area contributed by atoms with Crippen LogP contribution in [-0.4, -0.2) is 50.0 Å². The van der Waals surface area contributed by atoms with Crippen LogP contribution in [0.15, 0.2) is 48.9 Å². The van der Waals surface area contributed by atoms with E-state index in [2.05, 4.69) is 15.2 Å². The minimum Gasteiger partial charge on any atom is -0.472 e. The number of carbonyl (C=O) groups excluding carboxylic acids is 1. The van der Waals surface area contributed by atoms with Gasteiger partial charge in [-0.15, -0.1) is 4.80 Å². The molecule has 144 valence electrons. The van der Waals surface area contributed by atoms with Gasteiger partial charge < -0.3 is 9.64 Å². The Morgan fingerprint density at radius 2 is 1.96 bits per heavy atom. The first-order chi connectivity index (χ1) is 13.6. The first kappa shape index (κ1) is 18.0. The molecule has 1 atom stereocenters. The average Bonchev–Trinajstić information content (AvgIpc) is 3.23. The highest BCUT2D eigenvalue weighted by Crippen LogP contribution is 2.22. The molecule has 3 heterocycles. The fourth-order valence-electron chi connectivity index (χ4n) is 3.21. The molecule has 0 bridgehead atoms. The Bertz CT molecular complexity index is 963. The van der Waals surface area contributed by atoms with Gasteiger partial charge in [-0.2, -0.15) is 10.2 Å². The second-order valence-corrected chi connectivity index (χ2v) is 6.40. The smallest absolute Gasteiger partial charge is 0.256 e. The third-order valence-corrected chi connectivity index (χ3v) is 4.49. The topological polar surface area (TPSA) is 73.1 Å². The summed E-state index contributed by atoms with van der Waals surface area (Å²) in [6, 6.07) is 7.01. The fourth-order valence-corrected chi connectivity index (χ4v) is 3.21. The molecular formula is C19H17F2N5O2. The standard InChI is InChI=1S/C19H17F2N5O2/c20-13-6-7-17(22-11-13)28-14-3-2-10-25(12-14)19(27)15-4-1-5-16(21)18(15)26-23-8-9-24-26/h1,4-9,11,14H,2-3,10,12H2/t14-/m1/s1. The van der Waals surface area contributed by atoms with Crippen LogP contribution in [0.25, 0.3) is 5.69 Å². The van der Waals surface area contributed by atoms with Crippen LogP contribution in [-0.2, 0) is 0 Å². The first-order valence-electron chi connectivity index (χ1n) is 8.84. The molecule has 1 amide bonds. The molecule has 0 radical (unpaired) electrons. The predicted molar refractivity (Wildman–Crippen MR) is 95.1 cm³/mol. The van der Waals surface area contributed by atoms with Crippen molar-refractivity contribution in [1.29, 1.82) is 0 Å². The van der Waals surface area contributed by atoms with Crippen molar-refractivity contribution in [2.45, 2.75) is 18.9 Å². The summed E-state index contributed by atoms with van der Waals surface area (Å²) in [5, 5.41) is 7.89. The normalized spacial score (nSPS) is 16.8. The number of pyridine rings is 1. The summed E-state index contributed by atoms with van der Waals surface area (Å²) in [5.41, 5.74) is 0.192. The minimum absolute atomic E-state index is 0.0146. The Morgan fingerprint density at radius 1 is 1.14 bits per heavy atom. The largest absolute Gasteiger partial charge is 0.472 e. The summed E-state index contributed by atoms with van der Waals surface area (Å²) < 4.78 is 33.2. The number of para-hydroxylation sites is 1. The van der Waals surface area contributed by atoms with Gasteiger partial charge in [-0.1, -0.05) is 6.07 Å². The molecule has 0 unspecified atom stereocenters. The van der Waals surface area contributed by atoms with E-state index in [1.54, 1.807) is 11.0 Å². The lowest BCUT2D eigenvalue weighted by Gasteiger charge is -2.33. The molecule has 0 spiro atoms. The van der Waals surface area contributed by atoms with E-state index in [1.807, 2.05) is 0 Å². The number of likely N-dealkylation sites (tertiary alicyclic amines) is 1. The molecule has 9 heteroatoms. The van der Waals surface area contributed by atoms with Crippen LogP contribution in [0.1, 0.15) is 23.2 Å². The second kappa shape index (κ2) is 7.71. The Kier molecular flexibility index (Phi) is 4.96. The zero-order valence-electron chi connectivity index (χ0n) is 14.8. The molecule has 1 aromatic carbocycles. The lowest BCUT2D eigenvalue weighted by Crippen LogP contribution is -2.44. The van der Waals surface area contributed by atoms with Crippen LogP contribution >= 0.6 is 0 Å². The zero-order chi connectivity index (χ0) is 19.5. The molecule has 3 aromatic rings. The van der Waals surface area contributed by atoms with E-state index in [4.69, 9.17) is 4.74 Å². The monoisotopic (exact) mass is 385 g/mol. The number of rotatable bonds is 4. The van der Waals surface area contributed by atoms with Gasteiger partial charge in [-0.05, 0) is 31.0 Å². The number of hydrogen-bond acceptors (Lipinski definition) is 5. The summed E-state index contributed by atoms with van der Waals surface area (Å²) in [6.45, 7) is 0.846. The molecule has 0 N–H and O–H groups in total. The predicted octanol–water partition coefficient (Wildman–Crippen LogP) is 2.62. The Morgan fingerprint density at radius 3 is 2.71 bits per heavy atom. The van der Waals surface area contributed by atoms with Crippen molar-refractivity contribution in [3.05, 3.63) is 66.1 Å². The fraction of sp³-hybridized carbons (Fsp3) is 0.263. The molecule has 4 rings (SSSR count). The molecule has 1 fully saturated rings. The molecule has 2 aromatic heterocycles. The summed E-state index contributed by atoms with van der Waals surface area (Å²) in [5.74, 6) is -1.05. The summed E-state index contributed by atoms with van der Waals surface area (Å²) in [6.07, 6.45) is 5.09. The number of hydrogen-bond donors (Lipinski definition) is 0. The quantitative estimate of drug-likeness (QED) is 0.690. The van der Waals surface area contributed by atoms with Crippen molar-refractivity contribution in [2.75, 3.05) is 13.1 Å². The van der Waals surface area contributed by atoms with Gasteiger partial charge in [0.05, 0.1) is 30.7 Å². The van der Waals surface area contributed by atoms with Gasteiger partial charge in [0.15, 0.2) is 5.82 Å². The van der Waals surface area contributed by atoms with E-state index in [-0.39, 0.29) is 23.3 Å². The van der Waals surface area contributed by atoms with Crippen LogP contribution in [0.3, 0.4) is 0 Å². The SMILES string of the molecule is O=C(c1cccc(F)c1-n1nccn1)N1CCC[C@@H](Oc2ccc(F)cn2)C1. The minimum atomic E-state index is -0.581. The third-order valence-electron chi connectivity index (χ3n) is 4.49. The van der Waals surface area contributed by atoms with Gasteiger partial charge >= 0.3 is 0 Å². The average molecular weight is 385 g/mol. The van der Waals surface area contributed by atoms with E-state index >= 15 is 0 Å². The van der Waals surface area contributed by atoms with Crippen LogP contribution in [0.2, 0.25) is 0 Å². The maximum Gasteiger partial charge on any atom is 0.256 e. The van der Waals surface area contributed by atoms with Crippen LogP contribution in [0, 0.1) is 11.6 Å². The van der Waals surface area contributed by atoms with Crippen LogP contribution in [0.4, 0.5) is 8.78 Å². The van der Waals surface area contributed by atoms with Crippen LogP contribution in [0.5, 0.6) is 5.88 Å². The van der Waals surface area contributed by atoms with Gasteiger partial charge in [0.2, 0.25) is 5.88 Å². The van der Waals surface area contributed by atoms with Crippen molar-refractivity contribution in [3.8, 4) is 11.6 Å². The summed E-state index contributed by atoms with van der Waals surface area (Å²) >= 11 is 0. The maximum atomic E-state index is 14.4. The number of carbonyl (C=O) groups is 1. The molecule has 1 aliphatic rings. The number of ether oxygens (including phenoxy) is 1. The maximum absolute atomic E-state index is 14.4.